The zero-order chi connectivity index (χ0) is 28.4. The molecular formula is C30H43ClFN5O2. The van der Waals surface area contributed by atoms with E-state index >= 15 is 0 Å². The van der Waals surface area contributed by atoms with Crippen molar-refractivity contribution in [1.82, 2.24) is 20.1 Å². The largest absolute Gasteiger partial charge is 0.352 e. The summed E-state index contributed by atoms with van der Waals surface area (Å²) in [5, 5.41) is 6.39. The van der Waals surface area contributed by atoms with Crippen molar-refractivity contribution < 1.29 is 14.0 Å². The van der Waals surface area contributed by atoms with Crippen LogP contribution < -0.4 is 10.6 Å². The van der Waals surface area contributed by atoms with E-state index in [9.17, 15) is 14.0 Å². The molecule has 0 radical (unpaired) electrons. The van der Waals surface area contributed by atoms with Crippen LogP contribution in [-0.2, 0) is 0 Å². The Labute approximate surface area is 237 Å². The van der Waals surface area contributed by atoms with Crippen LogP contribution in [0.25, 0.3) is 0 Å². The summed E-state index contributed by atoms with van der Waals surface area (Å²) in [5.74, 6) is -0.441. The standard InChI is InChI=1S/C30H43ClFN5O2/c1-5-6-7-8-17-37(30(39)35-25-11-9-24(32)10-12-25)26-14-18-36(19-15-26)22(3)13-16-33-29(38)28-21(2)20-27(31)34-23(28)4/h9-12,20,22,26H,5-8,13-19H2,1-4H3,(H,33,38)(H,35,39)/t22-/m1/s1. The average molecular weight is 560 g/mol. The normalized spacial score (nSPS) is 15.1. The number of urea groups is 1. The van der Waals surface area contributed by atoms with Gasteiger partial charge in [-0.3, -0.25) is 4.79 Å². The minimum atomic E-state index is -0.322. The topological polar surface area (TPSA) is 77.6 Å². The highest BCUT2D eigenvalue weighted by Crippen LogP contribution is 2.22. The number of aryl methyl sites for hydroxylation is 2. The molecule has 3 rings (SSSR count). The summed E-state index contributed by atoms with van der Waals surface area (Å²) in [6.45, 7) is 11.1. The van der Waals surface area contributed by atoms with E-state index in [0.717, 1.165) is 70.1 Å². The maximum absolute atomic E-state index is 13.3. The number of unbranched alkanes of at least 4 members (excludes halogenated alkanes) is 3. The third kappa shape index (κ3) is 9.17. The van der Waals surface area contributed by atoms with E-state index in [-0.39, 0.29) is 23.8 Å². The molecule has 3 amide bonds. The van der Waals surface area contributed by atoms with Crippen molar-refractivity contribution in [2.45, 2.75) is 84.7 Å². The number of anilines is 1. The molecule has 0 bridgehead atoms. The van der Waals surface area contributed by atoms with Gasteiger partial charge in [-0.1, -0.05) is 37.8 Å². The van der Waals surface area contributed by atoms with Crippen LogP contribution in [-0.4, -0.2) is 65.0 Å². The van der Waals surface area contributed by atoms with Gasteiger partial charge in [-0.25, -0.2) is 14.2 Å². The predicted octanol–water partition coefficient (Wildman–Crippen LogP) is 6.58. The van der Waals surface area contributed by atoms with Gasteiger partial charge in [0, 0.05) is 44.0 Å². The molecule has 1 aliphatic heterocycles. The summed E-state index contributed by atoms with van der Waals surface area (Å²) in [7, 11) is 0. The summed E-state index contributed by atoms with van der Waals surface area (Å²) in [4.78, 5) is 34.6. The summed E-state index contributed by atoms with van der Waals surface area (Å²) >= 11 is 6.00. The molecule has 1 aromatic carbocycles. The maximum atomic E-state index is 13.3. The van der Waals surface area contributed by atoms with Crippen molar-refractivity contribution in [2.24, 2.45) is 0 Å². The number of benzene rings is 1. The number of likely N-dealkylation sites (tertiary alicyclic amines) is 1. The van der Waals surface area contributed by atoms with Crippen LogP contribution >= 0.6 is 11.6 Å². The highest BCUT2D eigenvalue weighted by atomic mass is 35.5. The summed E-state index contributed by atoms with van der Waals surface area (Å²) < 4.78 is 13.3. The van der Waals surface area contributed by atoms with Crippen LogP contribution in [0, 0.1) is 19.7 Å². The van der Waals surface area contributed by atoms with E-state index in [0.29, 0.717) is 34.7 Å². The van der Waals surface area contributed by atoms with E-state index < -0.39 is 0 Å². The Hall–Kier alpha value is -2.71. The first kappa shape index (κ1) is 30.8. The number of pyridine rings is 1. The molecule has 1 fully saturated rings. The molecule has 1 saturated heterocycles. The molecule has 0 saturated carbocycles. The lowest BCUT2D eigenvalue weighted by Crippen LogP contribution is -2.51. The molecule has 2 N–H and O–H groups in total. The highest BCUT2D eigenvalue weighted by molar-refractivity contribution is 6.29. The van der Waals surface area contributed by atoms with Crippen LogP contribution in [0.2, 0.25) is 5.15 Å². The van der Waals surface area contributed by atoms with Crippen LogP contribution in [0.15, 0.2) is 30.3 Å². The molecule has 39 heavy (non-hydrogen) atoms. The summed E-state index contributed by atoms with van der Waals surface area (Å²) in [5.41, 5.74) is 2.65. The monoisotopic (exact) mass is 559 g/mol. The third-order valence-corrected chi connectivity index (χ3v) is 7.81. The average Bonchev–Trinajstić information content (AvgIpc) is 2.89. The first-order valence-electron chi connectivity index (χ1n) is 14.2. The van der Waals surface area contributed by atoms with Gasteiger partial charge < -0.3 is 20.4 Å². The second kappa shape index (κ2) is 15.2. The summed E-state index contributed by atoms with van der Waals surface area (Å²) in [6, 6.07) is 7.98. The number of amides is 3. The van der Waals surface area contributed by atoms with Gasteiger partial charge in [0.05, 0.1) is 11.3 Å². The second-order valence-corrected chi connectivity index (χ2v) is 11.0. The maximum Gasteiger partial charge on any atom is 0.322 e. The van der Waals surface area contributed by atoms with Gasteiger partial charge in [0.15, 0.2) is 0 Å². The smallest absolute Gasteiger partial charge is 0.322 e. The Morgan fingerprint density at radius 3 is 2.49 bits per heavy atom. The molecular weight excluding hydrogens is 517 g/mol. The zero-order valence-electron chi connectivity index (χ0n) is 23.7. The fraction of sp³-hybridized carbons (Fsp3) is 0.567. The van der Waals surface area contributed by atoms with Crippen LogP contribution in [0.5, 0.6) is 0 Å². The van der Waals surface area contributed by atoms with E-state index in [1.54, 1.807) is 25.1 Å². The van der Waals surface area contributed by atoms with Gasteiger partial charge in [0.2, 0.25) is 0 Å². The van der Waals surface area contributed by atoms with Gasteiger partial charge in [0.25, 0.3) is 5.91 Å². The molecule has 0 unspecified atom stereocenters. The molecule has 2 aromatic rings. The van der Waals surface area contributed by atoms with E-state index in [1.165, 1.54) is 12.1 Å². The molecule has 0 aliphatic carbocycles. The minimum Gasteiger partial charge on any atom is -0.352 e. The Morgan fingerprint density at radius 2 is 1.85 bits per heavy atom. The van der Waals surface area contributed by atoms with Gasteiger partial charge >= 0.3 is 6.03 Å². The van der Waals surface area contributed by atoms with E-state index in [1.807, 2.05) is 11.8 Å². The number of piperidine rings is 1. The number of hydrogen-bond donors (Lipinski definition) is 2. The Kier molecular flexibility index (Phi) is 12.0. The number of aromatic nitrogens is 1. The van der Waals surface area contributed by atoms with Gasteiger partial charge in [0.1, 0.15) is 11.0 Å². The van der Waals surface area contributed by atoms with Gasteiger partial charge in [-0.05, 0) is 82.3 Å². The molecule has 1 aliphatic rings. The molecule has 1 atom stereocenters. The third-order valence-electron chi connectivity index (χ3n) is 7.61. The number of nitrogens with one attached hydrogen (secondary N) is 2. The molecule has 9 heteroatoms. The van der Waals surface area contributed by atoms with Crippen molar-refractivity contribution in [3.8, 4) is 0 Å². The van der Waals surface area contributed by atoms with Gasteiger partial charge in [-0.15, -0.1) is 0 Å². The van der Waals surface area contributed by atoms with Crippen LogP contribution in [0.4, 0.5) is 14.9 Å². The van der Waals surface area contributed by atoms with Crippen molar-refractivity contribution >= 4 is 29.2 Å². The predicted molar refractivity (Wildman–Crippen MR) is 156 cm³/mol. The number of hydrogen-bond acceptors (Lipinski definition) is 4. The zero-order valence-corrected chi connectivity index (χ0v) is 24.5. The first-order valence-corrected chi connectivity index (χ1v) is 14.6. The first-order chi connectivity index (χ1) is 18.7. The van der Waals surface area contributed by atoms with Crippen molar-refractivity contribution in [3.63, 3.8) is 0 Å². The quantitative estimate of drug-likeness (QED) is 0.227. The molecule has 214 valence electrons. The van der Waals surface area contributed by atoms with Crippen LogP contribution in [0.3, 0.4) is 0 Å². The molecule has 1 aromatic heterocycles. The molecule has 0 spiro atoms. The van der Waals surface area contributed by atoms with E-state index in [2.05, 4.69) is 34.4 Å². The number of nitrogens with zero attached hydrogens (tertiary/aromatic N) is 3. The number of carbonyl (C=O) groups is 2. The lowest BCUT2D eigenvalue weighted by molar-refractivity contribution is 0.0923. The lowest BCUT2D eigenvalue weighted by Gasteiger charge is -2.40. The SMILES string of the molecule is CCCCCCN(C(=O)Nc1ccc(F)cc1)C1CCN([C@H](C)CCNC(=O)c2c(C)cc(Cl)nc2C)CC1. The Bertz CT molecular complexity index is 1070. The summed E-state index contributed by atoms with van der Waals surface area (Å²) in [6.07, 6.45) is 7.02. The van der Waals surface area contributed by atoms with Crippen molar-refractivity contribution in [3.05, 3.63) is 58.1 Å². The van der Waals surface area contributed by atoms with Crippen molar-refractivity contribution in [2.75, 3.05) is 31.5 Å². The molecule has 7 nitrogen and oxygen atoms in total. The Morgan fingerprint density at radius 1 is 1.15 bits per heavy atom. The van der Waals surface area contributed by atoms with E-state index in [4.69, 9.17) is 11.6 Å². The highest BCUT2D eigenvalue weighted by Gasteiger charge is 2.29. The minimum absolute atomic E-state index is 0.116. The second-order valence-electron chi connectivity index (χ2n) is 10.6. The lowest BCUT2D eigenvalue weighted by atomic mass is 10.0. The number of halogens is 2. The molecule has 2 heterocycles. The Balaban J connectivity index is 1.50. The fourth-order valence-electron chi connectivity index (χ4n) is 5.32. The van der Waals surface area contributed by atoms with Crippen molar-refractivity contribution in [1.29, 1.82) is 0 Å². The number of carbonyl (C=O) groups excluding carboxylic acids is 2. The van der Waals surface area contributed by atoms with Gasteiger partial charge in [-0.2, -0.15) is 0 Å². The van der Waals surface area contributed by atoms with Crippen LogP contribution in [0.1, 0.15) is 80.4 Å². The fourth-order valence-corrected chi connectivity index (χ4v) is 5.61. The number of rotatable bonds is 12.